The zero-order valence-corrected chi connectivity index (χ0v) is 11.5. The molecular formula is C14H20N2O4. The summed E-state index contributed by atoms with van der Waals surface area (Å²) in [5.74, 6) is -0.251. The quantitative estimate of drug-likeness (QED) is 0.697. The lowest BCUT2D eigenvalue weighted by molar-refractivity contribution is -0.137. The van der Waals surface area contributed by atoms with Gasteiger partial charge in [0.15, 0.2) is 11.5 Å². The monoisotopic (exact) mass is 280 g/mol. The highest BCUT2D eigenvalue weighted by Gasteiger charge is 2.21. The van der Waals surface area contributed by atoms with E-state index in [9.17, 15) is 15.0 Å². The minimum atomic E-state index is -0.302. The third-order valence-electron chi connectivity index (χ3n) is 3.35. The van der Waals surface area contributed by atoms with E-state index in [1.807, 2.05) is 6.92 Å². The first-order valence-corrected chi connectivity index (χ1v) is 6.68. The van der Waals surface area contributed by atoms with E-state index in [2.05, 4.69) is 5.32 Å². The van der Waals surface area contributed by atoms with E-state index in [0.29, 0.717) is 32.8 Å². The number of phenolic OH excluding ortho intramolecular Hbond substituents is 2. The first-order chi connectivity index (χ1) is 9.58. The van der Waals surface area contributed by atoms with Crippen LogP contribution in [0, 0.1) is 0 Å². The largest absolute Gasteiger partial charge is 0.504 e. The molecule has 0 saturated carbocycles. The Kier molecular flexibility index (Phi) is 4.81. The number of hydrogen-bond acceptors (Lipinski definition) is 5. The Labute approximate surface area is 118 Å². The average Bonchev–Trinajstić information content (AvgIpc) is 2.48. The van der Waals surface area contributed by atoms with Crippen molar-refractivity contribution >= 4 is 5.91 Å². The Morgan fingerprint density at radius 2 is 2.05 bits per heavy atom. The average molecular weight is 280 g/mol. The molecule has 1 aliphatic heterocycles. The van der Waals surface area contributed by atoms with Crippen molar-refractivity contribution in [2.45, 2.75) is 19.5 Å². The molecule has 2 rings (SSSR count). The van der Waals surface area contributed by atoms with Gasteiger partial charge in [-0.25, -0.2) is 0 Å². The number of rotatable bonds is 4. The molecule has 0 radical (unpaired) electrons. The Morgan fingerprint density at radius 1 is 1.35 bits per heavy atom. The summed E-state index contributed by atoms with van der Waals surface area (Å²) in [5.41, 5.74) is 0.807. The summed E-state index contributed by atoms with van der Waals surface area (Å²) in [4.78, 5) is 13.9. The number of morpholine rings is 1. The maximum Gasteiger partial charge on any atom is 0.239 e. The minimum Gasteiger partial charge on any atom is -0.504 e. The number of nitrogens with one attached hydrogen (secondary N) is 1. The predicted octanol–water partition coefficient (Wildman–Crippen LogP) is 0.435. The van der Waals surface area contributed by atoms with Crippen LogP contribution >= 0.6 is 0 Å². The third kappa shape index (κ3) is 3.61. The fourth-order valence-electron chi connectivity index (χ4n) is 2.09. The van der Waals surface area contributed by atoms with Gasteiger partial charge in [0.2, 0.25) is 5.91 Å². The lowest BCUT2D eigenvalue weighted by atomic mass is 10.2. The van der Waals surface area contributed by atoms with E-state index in [0.717, 1.165) is 5.56 Å². The van der Waals surface area contributed by atoms with Gasteiger partial charge in [-0.1, -0.05) is 6.07 Å². The SMILES string of the molecule is CC(NCc1ccc(O)c(O)c1)C(=O)N1CCOCC1. The summed E-state index contributed by atoms with van der Waals surface area (Å²) in [6.45, 7) is 4.70. The standard InChI is InChI=1S/C14H20N2O4/c1-10(14(19)16-4-6-20-7-5-16)15-9-11-2-3-12(17)13(18)8-11/h2-3,8,10,15,17-18H,4-7,9H2,1H3. The minimum absolute atomic E-state index is 0.0521. The van der Waals surface area contributed by atoms with Crippen LogP contribution in [-0.4, -0.2) is 53.4 Å². The fourth-order valence-corrected chi connectivity index (χ4v) is 2.09. The zero-order valence-electron chi connectivity index (χ0n) is 11.5. The van der Waals surface area contributed by atoms with Gasteiger partial charge in [0.1, 0.15) is 0 Å². The number of ether oxygens (including phenoxy) is 1. The summed E-state index contributed by atoms with van der Waals surface area (Å²) in [6, 6.07) is 4.31. The summed E-state index contributed by atoms with van der Waals surface area (Å²) < 4.78 is 5.22. The van der Waals surface area contributed by atoms with Crippen LogP contribution in [0.5, 0.6) is 11.5 Å². The maximum atomic E-state index is 12.2. The Bertz CT molecular complexity index is 472. The first kappa shape index (κ1) is 14.6. The topological polar surface area (TPSA) is 82.0 Å². The van der Waals surface area contributed by atoms with Crippen LogP contribution in [0.3, 0.4) is 0 Å². The number of amides is 1. The van der Waals surface area contributed by atoms with Gasteiger partial charge in [0, 0.05) is 19.6 Å². The summed E-state index contributed by atoms with van der Waals surface area (Å²) in [7, 11) is 0. The van der Waals surface area contributed by atoms with Crippen molar-refractivity contribution in [1.82, 2.24) is 10.2 Å². The van der Waals surface area contributed by atoms with Gasteiger partial charge in [-0.3, -0.25) is 4.79 Å². The second-order valence-electron chi connectivity index (χ2n) is 4.86. The van der Waals surface area contributed by atoms with E-state index in [-0.39, 0.29) is 23.4 Å². The number of aromatic hydroxyl groups is 2. The van der Waals surface area contributed by atoms with Gasteiger partial charge >= 0.3 is 0 Å². The molecule has 1 heterocycles. The molecule has 0 aliphatic carbocycles. The molecule has 110 valence electrons. The van der Waals surface area contributed by atoms with Crippen molar-refractivity contribution in [2.24, 2.45) is 0 Å². The van der Waals surface area contributed by atoms with Crippen LogP contribution in [0.25, 0.3) is 0 Å². The molecular weight excluding hydrogens is 260 g/mol. The van der Waals surface area contributed by atoms with Crippen LogP contribution < -0.4 is 5.32 Å². The Morgan fingerprint density at radius 3 is 2.70 bits per heavy atom. The van der Waals surface area contributed by atoms with E-state index in [1.54, 1.807) is 11.0 Å². The van der Waals surface area contributed by atoms with Gasteiger partial charge in [0.25, 0.3) is 0 Å². The molecule has 0 aromatic heterocycles. The van der Waals surface area contributed by atoms with Crippen molar-refractivity contribution in [2.75, 3.05) is 26.3 Å². The molecule has 1 amide bonds. The molecule has 6 heteroatoms. The van der Waals surface area contributed by atoms with Gasteiger partial charge in [-0.2, -0.15) is 0 Å². The molecule has 1 aromatic carbocycles. The van der Waals surface area contributed by atoms with Gasteiger partial charge < -0.3 is 25.2 Å². The highest BCUT2D eigenvalue weighted by Crippen LogP contribution is 2.24. The normalized spacial score (nSPS) is 16.9. The van der Waals surface area contributed by atoms with E-state index in [1.165, 1.54) is 12.1 Å². The van der Waals surface area contributed by atoms with Gasteiger partial charge in [-0.15, -0.1) is 0 Å². The molecule has 1 saturated heterocycles. The smallest absolute Gasteiger partial charge is 0.239 e. The van der Waals surface area contributed by atoms with Gasteiger partial charge in [-0.05, 0) is 24.6 Å². The highest BCUT2D eigenvalue weighted by atomic mass is 16.5. The Balaban J connectivity index is 1.85. The molecule has 0 spiro atoms. The highest BCUT2D eigenvalue weighted by molar-refractivity contribution is 5.81. The lowest BCUT2D eigenvalue weighted by Gasteiger charge is -2.29. The summed E-state index contributed by atoms with van der Waals surface area (Å²) in [6.07, 6.45) is 0. The van der Waals surface area contributed by atoms with E-state index in [4.69, 9.17) is 4.74 Å². The van der Waals surface area contributed by atoms with Crippen molar-refractivity contribution < 1.29 is 19.7 Å². The molecule has 1 unspecified atom stereocenters. The predicted molar refractivity (Wildman–Crippen MR) is 73.5 cm³/mol. The van der Waals surface area contributed by atoms with Crippen molar-refractivity contribution in [3.05, 3.63) is 23.8 Å². The van der Waals surface area contributed by atoms with Crippen LogP contribution in [-0.2, 0) is 16.1 Å². The van der Waals surface area contributed by atoms with Crippen LogP contribution in [0.15, 0.2) is 18.2 Å². The van der Waals surface area contributed by atoms with Crippen molar-refractivity contribution in [3.8, 4) is 11.5 Å². The number of hydrogen-bond donors (Lipinski definition) is 3. The van der Waals surface area contributed by atoms with E-state index < -0.39 is 0 Å². The molecule has 1 atom stereocenters. The molecule has 1 aliphatic rings. The molecule has 1 aromatic rings. The number of phenols is 2. The summed E-state index contributed by atoms with van der Waals surface area (Å²) in [5, 5.41) is 21.8. The second kappa shape index (κ2) is 6.58. The van der Waals surface area contributed by atoms with Crippen LogP contribution in [0.4, 0.5) is 0 Å². The number of carbonyl (C=O) groups is 1. The van der Waals surface area contributed by atoms with E-state index >= 15 is 0 Å². The molecule has 6 nitrogen and oxygen atoms in total. The number of nitrogens with zero attached hydrogens (tertiary/aromatic N) is 1. The van der Waals surface area contributed by atoms with Crippen molar-refractivity contribution in [3.63, 3.8) is 0 Å². The van der Waals surface area contributed by atoms with Crippen LogP contribution in [0.2, 0.25) is 0 Å². The Hall–Kier alpha value is -1.79. The van der Waals surface area contributed by atoms with Crippen molar-refractivity contribution in [1.29, 1.82) is 0 Å². The molecule has 20 heavy (non-hydrogen) atoms. The number of benzene rings is 1. The number of carbonyl (C=O) groups excluding carboxylic acids is 1. The zero-order chi connectivity index (χ0) is 14.5. The van der Waals surface area contributed by atoms with Gasteiger partial charge in [0.05, 0.1) is 19.3 Å². The second-order valence-corrected chi connectivity index (χ2v) is 4.86. The summed E-state index contributed by atoms with van der Waals surface area (Å²) >= 11 is 0. The lowest BCUT2D eigenvalue weighted by Crippen LogP contribution is -2.49. The first-order valence-electron chi connectivity index (χ1n) is 6.68. The molecule has 1 fully saturated rings. The maximum absolute atomic E-state index is 12.2. The molecule has 3 N–H and O–H groups in total. The molecule has 0 bridgehead atoms. The fraction of sp³-hybridized carbons (Fsp3) is 0.500. The van der Waals surface area contributed by atoms with Crippen LogP contribution in [0.1, 0.15) is 12.5 Å². The third-order valence-corrected chi connectivity index (χ3v) is 3.35.